The lowest BCUT2D eigenvalue weighted by molar-refractivity contribution is -0.120. The molecular formula is C19H23N5O3. The molecule has 2 heterocycles. The van der Waals surface area contributed by atoms with E-state index in [9.17, 15) is 9.59 Å². The van der Waals surface area contributed by atoms with E-state index in [2.05, 4.69) is 25.7 Å². The molecule has 1 aromatic carbocycles. The van der Waals surface area contributed by atoms with Crippen molar-refractivity contribution in [1.82, 2.24) is 10.2 Å². The zero-order chi connectivity index (χ0) is 19.2. The molecule has 1 aliphatic heterocycles. The number of piperidine rings is 1. The highest BCUT2D eigenvalue weighted by Crippen LogP contribution is 2.24. The van der Waals surface area contributed by atoms with Crippen molar-refractivity contribution in [3.63, 3.8) is 0 Å². The summed E-state index contributed by atoms with van der Waals surface area (Å²) in [5, 5.41) is 13.8. The number of hydrogen-bond acceptors (Lipinski definition) is 6. The molecule has 1 aliphatic rings. The average molecular weight is 369 g/mol. The first-order valence-electron chi connectivity index (χ1n) is 8.86. The average Bonchev–Trinajstić information content (AvgIpc) is 2.68. The standard InChI is InChI=1S/C19H23N5O3/c1-13(25)20-15-6-3-7-16(11-15)21-19(26)14-5-4-10-24(12-14)17-8-9-18(27-2)23-22-17/h3,6-9,11,14H,4-5,10,12H2,1-2H3,(H,20,25)(H,21,26)/t14-/m0/s1. The zero-order valence-electron chi connectivity index (χ0n) is 15.4. The van der Waals surface area contributed by atoms with Gasteiger partial charge in [-0.05, 0) is 37.1 Å². The van der Waals surface area contributed by atoms with E-state index in [1.807, 2.05) is 6.07 Å². The minimum absolute atomic E-state index is 0.0406. The Labute approximate surface area is 157 Å². The van der Waals surface area contributed by atoms with Gasteiger partial charge in [-0.15, -0.1) is 10.2 Å². The van der Waals surface area contributed by atoms with Gasteiger partial charge in [0.25, 0.3) is 0 Å². The smallest absolute Gasteiger partial charge is 0.233 e. The molecular weight excluding hydrogens is 346 g/mol. The number of nitrogens with zero attached hydrogens (tertiary/aromatic N) is 3. The summed E-state index contributed by atoms with van der Waals surface area (Å²) in [4.78, 5) is 25.9. The van der Waals surface area contributed by atoms with Crippen LogP contribution < -0.4 is 20.3 Å². The molecule has 2 N–H and O–H groups in total. The van der Waals surface area contributed by atoms with E-state index < -0.39 is 0 Å². The number of carbonyl (C=O) groups excluding carboxylic acids is 2. The van der Waals surface area contributed by atoms with Gasteiger partial charge in [0.2, 0.25) is 17.7 Å². The topological polar surface area (TPSA) is 96.5 Å². The lowest BCUT2D eigenvalue weighted by Gasteiger charge is -2.32. The second-order valence-corrected chi connectivity index (χ2v) is 6.47. The van der Waals surface area contributed by atoms with Gasteiger partial charge in [-0.2, -0.15) is 0 Å². The zero-order valence-corrected chi connectivity index (χ0v) is 15.4. The van der Waals surface area contributed by atoms with Crippen molar-refractivity contribution in [2.75, 3.05) is 35.7 Å². The van der Waals surface area contributed by atoms with E-state index in [4.69, 9.17) is 4.74 Å². The second-order valence-electron chi connectivity index (χ2n) is 6.47. The number of anilines is 3. The number of aromatic nitrogens is 2. The maximum atomic E-state index is 12.7. The number of methoxy groups -OCH3 is 1. The summed E-state index contributed by atoms with van der Waals surface area (Å²) in [6.45, 7) is 2.87. The van der Waals surface area contributed by atoms with Gasteiger partial charge in [-0.3, -0.25) is 9.59 Å². The van der Waals surface area contributed by atoms with E-state index in [1.54, 1.807) is 37.4 Å². The molecule has 3 rings (SSSR count). The van der Waals surface area contributed by atoms with Crippen molar-refractivity contribution in [3.8, 4) is 5.88 Å². The van der Waals surface area contributed by atoms with Crippen LogP contribution in [0.2, 0.25) is 0 Å². The quantitative estimate of drug-likeness (QED) is 0.839. The minimum atomic E-state index is -0.151. The predicted octanol–water partition coefficient (Wildman–Crippen LogP) is 2.30. The Kier molecular flexibility index (Phi) is 5.85. The van der Waals surface area contributed by atoms with Gasteiger partial charge in [-0.1, -0.05) is 6.07 Å². The van der Waals surface area contributed by atoms with Crippen molar-refractivity contribution in [3.05, 3.63) is 36.4 Å². The molecule has 0 saturated carbocycles. The Morgan fingerprint density at radius 3 is 2.59 bits per heavy atom. The van der Waals surface area contributed by atoms with Crippen LogP contribution in [-0.4, -0.2) is 42.2 Å². The van der Waals surface area contributed by atoms with Crippen LogP contribution in [0.1, 0.15) is 19.8 Å². The van der Waals surface area contributed by atoms with Crippen LogP contribution in [0, 0.1) is 5.92 Å². The highest BCUT2D eigenvalue weighted by Gasteiger charge is 2.27. The summed E-state index contributed by atoms with van der Waals surface area (Å²) in [6, 6.07) is 10.7. The summed E-state index contributed by atoms with van der Waals surface area (Å²) >= 11 is 0. The molecule has 0 radical (unpaired) electrons. The molecule has 0 bridgehead atoms. The minimum Gasteiger partial charge on any atom is -0.480 e. The third-order valence-electron chi connectivity index (χ3n) is 4.40. The lowest BCUT2D eigenvalue weighted by atomic mass is 9.97. The van der Waals surface area contributed by atoms with Crippen molar-refractivity contribution in [2.24, 2.45) is 5.92 Å². The van der Waals surface area contributed by atoms with Crippen LogP contribution in [0.5, 0.6) is 5.88 Å². The third kappa shape index (κ3) is 4.93. The molecule has 142 valence electrons. The molecule has 1 atom stereocenters. The largest absolute Gasteiger partial charge is 0.480 e. The number of benzene rings is 1. The Balaban J connectivity index is 1.63. The third-order valence-corrected chi connectivity index (χ3v) is 4.40. The molecule has 1 saturated heterocycles. The molecule has 1 aromatic heterocycles. The molecule has 0 aliphatic carbocycles. The van der Waals surface area contributed by atoms with Crippen LogP contribution >= 0.6 is 0 Å². The van der Waals surface area contributed by atoms with Crippen LogP contribution in [0.4, 0.5) is 17.2 Å². The maximum Gasteiger partial charge on any atom is 0.233 e. The molecule has 8 heteroatoms. The Hall–Kier alpha value is -3.16. The molecule has 2 aromatic rings. The Morgan fingerprint density at radius 1 is 1.15 bits per heavy atom. The second kappa shape index (κ2) is 8.48. The SMILES string of the molecule is COc1ccc(N2CCC[C@H](C(=O)Nc3cccc(NC(C)=O)c3)C2)nn1. The summed E-state index contributed by atoms with van der Waals surface area (Å²) in [5.41, 5.74) is 1.31. The molecule has 2 amide bonds. The highest BCUT2D eigenvalue weighted by atomic mass is 16.5. The van der Waals surface area contributed by atoms with Gasteiger partial charge in [0.05, 0.1) is 13.0 Å². The molecule has 1 fully saturated rings. The lowest BCUT2D eigenvalue weighted by Crippen LogP contribution is -2.41. The van der Waals surface area contributed by atoms with E-state index >= 15 is 0 Å². The van der Waals surface area contributed by atoms with Crippen molar-refractivity contribution >= 4 is 29.0 Å². The predicted molar refractivity (Wildman–Crippen MR) is 103 cm³/mol. The number of amides is 2. The van der Waals surface area contributed by atoms with Gasteiger partial charge in [0.1, 0.15) is 0 Å². The van der Waals surface area contributed by atoms with Crippen LogP contribution in [0.25, 0.3) is 0 Å². The first-order valence-corrected chi connectivity index (χ1v) is 8.86. The Morgan fingerprint density at radius 2 is 1.93 bits per heavy atom. The summed E-state index contributed by atoms with van der Waals surface area (Å²) < 4.78 is 5.03. The van der Waals surface area contributed by atoms with Crippen molar-refractivity contribution in [2.45, 2.75) is 19.8 Å². The van der Waals surface area contributed by atoms with Crippen LogP contribution in [0.15, 0.2) is 36.4 Å². The number of nitrogens with one attached hydrogen (secondary N) is 2. The number of carbonyl (C=O) groups is 2. The summed E-state index contributed by atoms with van der Waals surface area (Å²) in [5.74, 6) is 0.861. The van der Waals surface area contributed by atoms with E-state index in [-0.39, 0.29) is 17.7 Å². The summed E-state index contributed by atoms with van der Waals surface area (Å²) in [7, 11) is 1.55. The van der Waals surface area contributed by atoms with Gasteiger partial charge in [-0.25, -0.2) is 0 Å². The molecule has 27 heavy (non-hydrogen) atoms. The van der Waals surface area contributed by atoms with Gasteiger partial charge >= 0.3 is 0 Å². The number of ether oxygens (including phenoxy) is 1. The maximum absolute atomic E-state index is 12.7. The van der Waals surface area contributed by atoms with Crippen LogP contribution in [0.3, 0.4) is 0 Å². The fourth-order valence-electron chi connectivity index (χ4n) is 3.11. The van der Waals surface area contributed by atoms with Gasteiger partial charge in [0, 0.05) is 37.5 Å². The van der Waals surface area contributed by atoms with E-state index in [1.165, 1.54) is 6.92 Å². The van der Waals surface area contributed by atoms with Gasteiger partial charge < -0.3 is 20.3 Å². The van der Waals surface area contributed by atoms with Crippen molar-refractivity contribution < 1.29 is 14.3 Å². The monoisotopic (exact) mass is 369 g/mol. The Bertz CT molecular complexity index is 809. The molecule has 8 nitrogen and oxygen atoms in total. The molecule has 0 unspecified atom stereocenters. The molecule has 0 spiro atoms. The summed E-state index contributed by atoms with van der Waals surface area (Å²) in [6.07, 6.45) is 1.72. The fourth-order valence-corrected chi connectivity index (χ4v) is 3.11. The fraction of sp³-hybridized carbons (Fsp3) is 0.368. The first-order chi connectivity index (χ1) is 13.0. The normalized spacial score (nSPS) is 16.5. The first kappa shape index (κ1) is 18.6. The van der Waals surface area contributed by atoms with Crippen molar-refractivity contribution in [1.29, 1.82) is 0 Å². The number of rotatable bonds is 5. The van der Waals surface area contributed by atoms with Gasteiger partial charge in [0.15, 0.2) is 5.82 Å². The number of hydrogen-bond donors (Lipinski definition) is 2. The van der Waals surface area contributed by atoms with Crippen LogP contribution in [-0.2, 0) is 9.59 Å². The van der Waals surface area contributed by atoms with E-state index in [0.717, 1.165) is 25.2 Å². The van der Waals surface area contributed by atoms with E-state index in [0.29, 0.717) is 23.8 Å². The highest BCUT2D eigenvalue weighted by molar-refractivity contribution is 5.94.